The first-order valence-electron chi connectivity index (χ1n) is 8.43. The second kappa shape index (κ2) is 7.10. The molecule has 21 heavy (non-hydrogen) atoms. The van der Waals surface area contributed by atoms with Crippen molar-refractivity contribution in [3.63, 3.8) is 0 Å². The van der Waals surface area contributed by atoms with Gasteiger partial charge in [-0.15, -0.1) is 0 Å². The molecule has 3 atom stereocenters. The Balaban J connectivity index is 1.97. The maximum Gasteiger partial charge on any atom is 0.305 e. The number of ether oxygens (including phenoxy) is 1. The molecule has 122 valence electrons. The van der Waals surface area contributed by atoms with Crippen LogP contribution in [-0.2, 0) is 9.53 Å². The van der Waals surface area contributed by atoms with Crippen LogP contribution in [0.3, 0.4) is 0 Å². The van der Waals surface area contributed by atoms with Gasteiger partial charge in [0.05, 0.1) is 19.6 Å². The number of hydrogen-bond donors (Lipinski definition) is 1. The molecule has 0 aromatic carbocycles. The molecule has 3 unspecified atom stereocenters. The molecule has 0 radical (unpaired) electrons. The van der Waals surface area contributed by atoms with E-state index in [4.69, 9.17) is 9.84 Å². The molecule has 0 aromatic rings. The van der Waals surface area contributed by atoms with Crippen LogP contribution in [0.2, 0.25) is 0 Å². The lowest BCUT2D eigenvalue weighted by Gasteiger charge is -2.40. The number of carboxylic acid groups (broad SMARTS) is 1. The molecule has 1 aliphatic carbocycles. The number of aliphatic carboxylic acids is 1. The van der Waals surface area contributed by atoms with Crippen molar-refractivity contribution in [2.75, 3.05) is 19.8 Å². The number of rotatable bonds is 3. The van der Waals surface area contributed by atoms with E-state index < -0.39 is 5.97 Å². The second-order valence-electron chi connectivity index (χ2n) is 7.79. The Kier molecular flexibility index (Phi) is 5.67. The van der Waals surface area contributed by atoms with Crippen LogP contribution in [0.25, 0.3) is 0 Å². The Hall–Kier alpha value is -0.610. The average molecular weight is 297 g/mol. The van der Waals surface area contributed by atoms with Crippen molar-refractivity contribution in [1.29, 1.82) is 0 Å². The lowest BCUT2D eigenvalue weighted by Crippen LogP contribution is -2.51. The number of carboxylic acids is 1. The smallest absolute Gasteiger partial charge is 0.305 e. The normalized spacial score (nSPS) is 32.6. The predicted octanol–water partition coefficient (Wildman–Crippen LogP) is 3.16. The first-order chi connectivity index (χ1) is 9.88. The molecule has 1 saturated heterocycles. The maximum atomic E-state index is 11.1. The van der Waals surface area contributed by atoms with Gasteiger partial charge in [0.1, 0.15) is 0 Å². The highest BCUT2D eigenvalue weighted by Crippen LogP contribution is 2.38. The third kappa shape index (κ3) is 4.68. The maximum absolute atomic E-state index is 11.1. The summed E-state index contributed by atoms with van der Waals surface area (Å²) in [6.45, 7) is 9.25. The summed E-state index contributed by atoms with van der Waals surface area (Å²) in [6.07, 6.45) is 6.48. The average Bonchev–Trinajstić information content (AvgIpc) is 2.64. The van der Waals surface area contributed by atoms with Gasteiger partial charge in [0.15, 0.2) is 0 Å². The minimum Gasteiger partial charge on any atom is -0.481 e. The minimum absolute atomic E-state index is 0.0624. The fourth-order valence-electron chi connectivity index (χ4n) is 4.01. The van der Waals surface area contributed by atoms with Crippen molar-refractivity contribution in [3.8, 4) is 0 Å². The van der Waals surface area contributed by atoms with Crippen LogP contribution in [0.4, 0.5) is 0 Å². The van der Waals surface area contributed by atoms with Gasteiger partial charge in [-0.05, 0) is 37.0 Å². The van der Waals surface area contributed by atoms with Crippen molar-refractivity contribution in [2.24, 2.45) is 11.3 Å². The molecule has 4 nitrogen and oxygen atoms in total. The monoisotopic (exact) mass is 297 g/mol. The highest BCUT2D eigenvalue weighted by Gasteiger charge is 2.34. The molecule has 1 N–H and O–H groups in total. The zero-order valence-electron chi connectivity index (χ0n) is 13.8. The molecule has 0 amide bonds. The van der Waals surface area contributed by atoms with Crippen molar-refractivity contribution in [2.45, 2.75) is 71.4 Å². The van der Waals surface area contributed by atoms with Crippen LogP contribution in [0.1, 0.15) is 59.3 Å². The van der Waals surface area contributed by atoms with Gasteiger partial charge < -0.3 is 9.84 Å². The Labute approximate surface area is 128 Å². The summed E-state index contributed by atoms with van der Waals surface area (Å²) in [6, 6.07) is 0.609. The largest absolute Gasteiger partial charge is 0.481 e. The molecular weight excluding hydrogens is 266 g/mol. The molecule has 4 heteroatoms. The molecule has 0 bridgehead atoms. The van der Waals surface area contributed by atoms with Crippen LogP contribution in [-0.4, -0.2) is 47.8 Å². The number of nitrogens with zero attached hydrogens (tertiary/aromatic N) is 1. The van der Waals surface area contributed by atoms with Crippen molar-refractivity contribution < 1.29 is 14.6 Å². The van der Waals surface area contributed by atoms with Crippen LogP contribution >= 0.6 is 0 Å². The quantitative estimate of drug-likeness (QED) is 0.813. The molecule has 1 aliphatic heterocycles. The van der Waals surface area contributed by atoms with Gasteiger partial charge in [-0.25, -0.2) is 0 Å². The number of hydrogen-bond acceptors (Lipinski definition) is 3. The van der Waals surface area contributed by atoms with Crippen LogP contribution < -0.4 is 0 Å². The van der Waals surface area contributed by atoms with E-state index in [1.807, 2.05) is 0 Å². The Bertz CT molecular complexity index is 350. The summed E-state index contributed by atoms with van der Waals surface area (Å²) in [5, 5.41) is 9.10. The summed E-state index contributed by atoms with van der Waals surface area (Å²) in [7, 11) is 0. The fourth-order valence-corrected chi connectivity index (χ4v) is 4.01. The third-order valence-electron chi connectivity index (χ3n) is 5.32. The number of morpholine rings is 1. The lowest BCUT2D eigenvalue weighted by atomic mass is 9.76. The molecule has 1 heterocycles. The molecule has 2 fully saturated rings. The molecular formula is C17H31NO3. The molecule has 2 rings (SSSR count). The van der Waals surface area contributed by atoms with Crippen molar-refractivity contribution in [1.82, 2.24) is 4.90 Å². The second-order valence-corrected chi connectivity index (χ2v) is 7.79. The van der Waals surface area contributed by atoms with E-state index in [9.17, 15) is 4.79 Å². The first-order valence-corrected chi connectivity index (χ1v) is 8.43. The van der Waals surface area contributed by atoms with Crippen molar-refractivity contribution >= 4 is 5.97 Å². The van der Waals surface area contributed by atoms with Crippen LogP contribution in [0.5, 0.6) is 0 Å². The molecule has 0 aromatic heterocycles. The van der Waals surface area contributed by atoms with E-state index >= 15 is 0 Å². The summed E-state index contributed by atoms with van der Waals surface area (Å²) >= 11 is 0. The van der Waals surface area contributed by atoms with Gasteiger partial charge in [0.2, 0.25) is 0 Å². The van der Waals surface area contributed by atoms with Crippen LogP contribution in [0.15, 0.2) is 0 Å². The van der Waals surface area contributed by atoms with E-state index in [-0.39, 0.29) is 12.5 Å². The zero-order chi connectivity index (χ0) is 15.5. The van der Waals surface area contributed by atoms with Gasteiger partial charge in [-0.1, -0.05) is 27.2 Å². The van der Waals surface area contributed by atoms with Gasteiger partial charge in [-0.2, -0.15) is 0 Å². The summed E-state index contributed by atoms with van der Waals surface area (Å²) < 4.78 is 5.51. The molecule has 0 spiro atoms. The highest BCUT2D eigenvalue weighted by molar-refractivity contribution is 5.67. The topological polar surface area (TPSA) is 49.8 Å². The fraction of sp³-hybridized carbons (Fsp3) is 0.941. The Morgan fingerprint density at radius 3 is 2.67 bits per heavy atom. The summed E-state index contributed by atoms with van der Waals surface area (Å²) in [4.78, 5) is 13.5. The summed E-state index contributed by atoms with van der Waals surface area (Å²) in [5.41, 5.74) is 0.389. The van der Waals surface area contributed by atoms with E-state index in [1.165, 1.54) is 32.1 Å². The van der Waals surface area contributed by atoms with E-state index in [1.54, 1.807) is 0 Å². The Morgan fingerprint density at radius 2 is 2.00 bits per heavy atom. The Morgan fingerprint density at radius 1 is 1.24 bits per heavy atom. The van der Waals surface area contributed by atoms with E-state index in [2.05, 4.69) is 25.7 Å². The van der Waals surface area contributed by atoms with Gasteiger partial charge >= 0.3 is 5.97 Å². The molecule has 1 saturated carbocycles. The van der Waals surface area contributed by atoms with Gasteiger partial charge in [-0.3, -0.25) is 9.69 Å². The third-order valence-corrected chi connectivity index (χ3v) is 5.32. The number of carbonyl (C=O) groups is 1. The standard InChI is InChI=1S/C17H31NO3/c1-17(2,3)13-5-4-6-14(8-7-13)18-9-10-21-12-15(18)11-16(19)20/h13-15H,4-12H2,1-3H3,(H,19,20). The van der Waals surface area contributed by atoms with E-state index in [0.29, 0.717) is 18.1 Å². The first kappa shape index (κ1) is 16.8. The van der Waals surface area contributed by atoms with E-state index in [0.717, 1.165) is 19.1 Å². The zero-order valence-corrected chi connectivity index (χ0v) is 13.8. The summed E-state index contributed by atoms with van der Waals surface area (Å²) in [5.74, 6) is 0.0816. The lowest BCUT2D eigenvalue weighted by molar-refractivity contribution is -0.141. The van der Waals surface area contributed by atoms with Crippen molar-refractivity contribution in [3.05, 3.63) is 0 Å². The highest BCUT2D eigenvalue weighted by atomic mass is 16.5. The predicted molar refractivity (Wildman–Crippen MR) is 83.4 cm³/mol. The molecule has 2 aliphatic rings. The SMILES string of the molecule is CC(C)(C)C1CCCC(N2CCOCC2CC(=O)O)CC1. The minimum atomic E-state index is -0.711. The van der Waals surface area contributed by atoms with Crippen LogP contribution in [0, 0.1) is 11.3 Å². The van der Waals surface area contributed by atoms with Gasteiger partial charge in [0, 0.05) is 18.6 Å². The van der Waals surface area contributed by atoms with Gasteiger partial charge in [0.25, 0.3) is 0 Å².